The van der Waals surface area contributed by atoms with Gasteiger partial charge < -0.3 is 10.2 Å². The van der Waals surface area contributed by atoms with E-state index in [0.717, 1.165) is 6.54 Å². The topological polar surface area (TPSA) is 32.3 Å². The molecule has 90 valence electrons. The van der Waals surface area contributed by atoms with Gasteiger partial charge in [-0.1, -0.05) is 20.8 Å². The molecule has 0 unspecified atom stereocenters. The SMILES string of the molecule is CCC(=O)NCC(C)C.CN1CCCC1. The summed E-state index contributed by atoms with van der Waals surface area (Å²) in [6.07, 6.45) is 3.42. The van der Waals surface area contributed by atoms with Crippen molar-refractivity contribution in [3.05, 3.63) is 0 Å². The Morgan fingerprint density at radius 1 is 1.33 bits per heavy atom. The van der Waals surface area contributed by atoms with Gasteiger partial charge in [-0.15, -0.1) is 0 Å². The summed E-state index contributed by atoms with van der Waals surface area (Å²) < 4.78 is 0. The molecule has 1 heterocycles. The van der Waals surface area contributed by atoms with Gasteiger partial charge in [-0.25, -0.2) is 0 Å². The molecule has 0 atom stereocenters. The molecule has 0 aromatic carbocycles. The summed E-state index contributed by atoms with van der Waals surface area (Å²) in [5, 5.41) is 2.79. The molecule has 1 aliphatic rings. The molecule has 1 N–H and O–H groups in total. The summed E-state index contributed by atoms with van der Waals surface area (Å²) in [4.78, 5) is 13.0. The van der Waals surface area contributed by atoms with Crippen LogP contribution < -0.4 is 5.32 Å². The normalized spacial score (nSPS) is 16.1. The molecule has 0 saturated carbocycles. The van der Waals surface area contributed by atoms with Gasteiger partial charge in [0.15, 0.2) is 0 Å². The Kier molecular flexibility index (Phi) is 8.38. The molecule has 0 aromatic heterocycles. The summed E-state index contributed by atoms with van der Waals surface area (Å²) >= 11 is 0. The highest BCUT2D eigenvalue weighted by Crippen LogP contribution is 2.02. The van der Waals surface area contributed by atoms with Gasteiger partial charge in [-0.3, -0.25) is 4.79 Å². The van der Waals surface area contributed by atoms with Gasteiger partial charge >= 0.3 is 0 Å². The van der Waals surface area contributed by atoms with Crippen molar-refractivity contribution in [2.45, 2.75) is 40.0 Å². The Labute approximate surface area is 94.2 Å². The molecule has 1 fully saturated rings. The quantitative estimate of drug-likeness (QED) is 0.778. The maximum atomic E-state index is 10.6. The number of hydrogen-bond acceptors (Lipinski definition) is 2. The van der Waals surface area contributed by atoms with Crippen LogP contribution in [0.1, 0.15) is 40.0 Å². The van der Waals surface area contributed by atoms with Crippen molar-refractivity contribution in [1.29, 1.82) is 0 Å². The standard InChI is InChI=1S/C7H15NO.C5H11N/c1-4-7(9)8-5-6(2)3;1-6-4-2-3-5-6/h6H,4-5H2,1-3H3,(H,8,9);2-5H2,1H3. The van der Waals surface area contributed by atoms with Crippen LogP contribution in [0, 0.1) is 5.92 Å². The second kappa shape index (κ2) is 8.72. The molecule has 3 nitrogen and oxygen atoms in total. The van der Waals surface area contributed by atoms with Gasteiger partial charge in [0.05, 0.1) is 0 Å². The second-order valence-electron chi connectivity index (χ2n) is 4.56. The van der Waals surface area contributed by atoms with Crippen LogP contribution in [0.3, 0.4) is 0 Å². The van der Waals surface area contributed by atoms with Gasteiger partial charge in [-0.2, -0.15) is 0 Å². The summed E-state index contributed by atoms with van der Waals surface area (Å²) in [5.41, 5.74) is 0. The number of amides is 1. The number of rotatable bonds is 3. The Morgan fingerprint density at radius 2 is 1.87 bits per heavy atom. The molecule has 0 bridgehead atoms. The fourth-order valence-corrected chi connectivity index (χ4v) is 1.32. The maximum Gasteiger partial charge on any atom is 0.219 e. The third-order valence-corrected chi connectivity index (χ3v) is 2.36. The lowest BCUT2D eigenvalue weighted by molar-refractivity contribution is -0.120. The molecule has 1 aliphatic heterocycles. The van der Waals surface area contributed by atoms with E-state index in [9.17, 15) is 4.79 Å². The number of nitrogens with one attached hydrogen (secondary N) is 1. The molecule has 1 rings (SSSR count). The van der Waals surface area contributed by atoms with Crippen molar-refractivity contribution < 1.29 is 4.79 Å². The molecule has 0 aromatic rings. The summed E-state index contributed by atoms with van der Waals surface area (Å²) in [5.74, 6) is 0.698. The highest BCUT2D eigenvalue weighted by atomic mass is 16.1. The van der Waals surface area contributed by atoms with Crippen LogP contribution in [0.15, 0.2) is 0 Å². The van der Waals surface area contributed by atoms with E-state index in [1.807, 2.05) is 6.92 Å². The lowest BCUT2D eigenvalue weighted by Gasteiger charge is -2.04. The lowest BCUT2D eigenvalue weighted by Crippen LogP contribution is -2.26. The Balaban J connectivity index is 0.000000280. The number of carbonyl (C=O) groups excluding carboxylic acids is 1. The Bertz CT molecular complexity index is 163. The van der Waals surface area contributed by atoms with E-state index in [2.05, 4.69) is 31.1 Å². The Morgan fingerprint density at radius 3 is 2.13 bits per heavy atom. The minimum Gasteiger partial charge on any atom is -0.356 e. The zero-order chi connectivity index (χ0) is 11.7. The van der Waals surface area contributed by atoms with E-state index in [1.54, 1.807) is 0 Å². The maximum absolute atomic E-state index is 10.6. The average Bonchev–Trinajstić information content (AvgIpc) is 2.66. The predicted molar refractivity (Wildman–Crippen MR) is 64.9 cm³/mol. The molecule has 3 heteroatoms. The van der Waals surface area contributed by atoms with Crippen LogP contribution in [-0.4, -0.2) is 37.5 Å². The first kappa shape index (κ1) is 14.4. The number of carbonyl (C=O) groups is 1. The molecule has 15 heavy (non-hydrogen) atoms. The van der Waals surface area contributed by atoms with Crippen LogP contribution in [0.2, 0.25) is 0 Å². The van der Waals surface area contributed by atoms with Gasteiger partial charge in [0.25, 0.3) is 0 Å². The first-order valence-corrected chi connectivity index (χ1v) is 6.01. The van der Waals surface area contributed by atoms with Gasteiger partial charge in [0, 0.05) is 13.0 Å². The van der Waals surface area contributed by atoms with Crippen molar-refractivity contribution in [1.82, 2.24) is 10.2 Å². The monoisotopic (exact) mass is 214 g/mol. The van der Waals surface area contributed by atoms with Crippen LogP contribution in [0.4, 0.5) is 0 Å². The van der Waals surface area contributed by atoms with Crippen molar-refractivity contribution >= 4 is 5.91 Å². The minimum absolute atomic E-state index is 0.142. The zero-order valence-corrected chi connectivity index (χ0v) is 10.7. The number of hydrogen-bond donors (Lipinski definition) is 1. The largest absolute Gasteiger partial charge is 0.356 e. The lowest BCUT2D eigenvalue weighted by atomic mass is 10.2. The predicted octanol–water partition coefficient (Wildman–Crippen LogP) is 1.88. The van der Waals surface area contributed by atoms with Crippen LogP contribution in [-0.2, 0) is 4.79 Å². The smallest absolute Gasteiger partial charge is 0.219 e. The van der Waals surface area contributed by atoms with E-state index in [-0.39, 0.29) is 5.91 Å². The summed E-state index contributed by atoms with van der Waals surface area (Å²) in [6.45, 7) is 9.45. The highest BCUT2D eigenvalue weighted by Gasteiger charge is 2.03. The third kappa shape index (κ3) is 9.73. The fourth-order valence-electron chi connectivity index (χ4n) is 1.32. The van der Waals surface area contributed by atoms with E-state index in [1.165, 1.54) is 25.9 Å². The fraction of sp³-hybridized carbons (Fsp3) is 0.917. The first-order valence-electron chi connectivity index (χ1n) is 6.01. The highest BCUT2D eigenvalue weighted by molar-refractivity contribution is 5.75. The molecule has 0 aliphatic carbocycles. The molecular formula is C12H26N2O. The van der Waals surface area contributed by atoms with Crippen LogP contribution in [0.5, 0.6) is 0 Å². The van der Waals surface area contributed by atoms with E-state index in [4.69, 9.17) is 0 Å². The summed E-state index contributed by atoms with van der Waals surface area (Å²) in [6, 6.07) is 0. The van der Waals surface area contributed by atoms with E-state index < -0.39 is 0 Å². The van der Waals surface area contributed by atoms with Crippen molar-refractivity contribution in [3.8, 4) is 0 Å². The van der Waals surface area contributed by atoms with Gasteiger partial charge in [0.2, 0.25) is 5.91 Å². The first-order chi connectivity index (χ1) is 7.06. The average molecular weight is 214 g/mol. The minimum atomic E-state index is 0.142. The summed E-state index contributed by atoms with van der Waals surface area (Å²) in [7, 11) is 2.17. The molecule has 0 radical (unpaired) electrons. The second-order valence-corrected chi connectivity index (χ2v) is 4.56. The molecular weight excluding hydrogens is 188 g/mol. The van der Waals surface area contributed by atoms with Crippen LogP contribution in [0.25, 0.3) is 0 Å². The molecule has 1 saturated heterocycles. The van der Waals surface area contributed by atoms with Crippen molar-refractivity contribution in [2.75, 3.05) is 26.7 Å². The van der Waals surface area contributed by atoms with Crippen LogP contribution >= 0.6 is 0 Å². The van der Waals surface area contributed by atoms with E-state index in [0.29, 0.717) is 12.3 Å². The van der Waals surface area contributed by atoms with Gasteiger partial charge in [0.1, 0.15) is 0 Å². The third-order valence-electron chi connectivity index (χ3n) is 2.36. The van der Waals surface area contributed by atoms with Gasteiger partial charge in [-0.05, 0) is 38.9 Å². The number of nitrogens with zero attached hydrogens (tertiary/aromatic N) is 1. The van der Waals surface area contributed by atoms with E-state index >= 15 is 0 Å². The molecule has 1 amide bonds. The van der Waals surface area contributed by atoms with Crippen molar-refractivity contribution in [3.63, 3.8) is 0 Å². The number of likely N-dealkylation sites (tertiary alicyclic amines) is 1. The van der Waals surface area contributed by atoms with Crippen molar-refractivity contribution in [2.24, 2.45) is 5.92 Å². The zero-order valence-electron chi connectivity index (χ0n) is 10.7. The Hall–Kier alpha value is -0.570. The molecule has 0 spiro atoms.